The molecule has 1 radical (unpaired) electrons. The maximum atomic E-state index is 11.6. The molecule has 0 spiro atoms. The number of nitrogens with two attached hydrogens (primary N) is 2. The second-order valence-corrected chi connectivity index (χ2v) is 3.47. The molecule has 0 heterocycles. The number of carboxylic acid groups (broad SMARTS) is 1. The Morgan fingerprint density at radius 3 is 2.29 bits per heavy atom. The molecular formula is C11H14N2O3Re. The van der Waals surface area contributed by atoms with Crippen molar-refractivity contribution >= 4 is 17.4 Å². The maximum absolute atomic E-state index is 11.6. The summed E-state index contributed by atoms with van der Waals surface area (Å²) in [4.78, 5) is 22.4. The standard InChI is InChI=1S/C11H14N2O3.Re/c1-6-7(11(15)16)2-3-8(10(6)13)9(14)4-5-12;/h2-3H,4-5,12-13H2,1H3,(H,15,16);. The van der Waals surface area contributed by atoms with Crippen LogP contribution >= 0.6 is 0 Å². The van der Waals surface area contributed by atoms with Crippen molar-refractivity contribution in [1.82, 2.24) is 0 Å². The molecule has 17 heavy (non-hydrogen) atoms. The van der Waals surface area contributed by atoms with E-state index in [1.807, 2.05) is 0 Å². The molecule has 6 heteroatoms. The number of hydrogen-bond donors (Lipinski definition) is 3. The quantitative estimate of drug-likeness (QED) is 0.505. The Labute approximate surface area is 113 Å². The van der Waals surface area contributed by atoms with Crippen LogP contribution in [0.3, 0.4) is 0 Å². The average Bonchev–Trinajstić information content (AvgIpc) is 2.21. The Morgan fingerprint density at radius 2 is 1.82 bits per heavy atom. The van der Waals surface area contributed by atoms with E-state index in [-0.39, 0.29) is 50.4 Å². The van der Waals surface area contributed by atoms with Gasteiger partial charge in [-0.05, 0) is 31.2 Å². The molecule has 0 saturated heterocycles. The predicted octanol–water partition coefficient (Wildman–Crippen LogP) is 0.804. The molecule has 5 nitrogen and oxygen atoms in total. The topological polar surface area (TPSA) is 106 Å². The van der Waals surface area contributed by atoms with E-state index in [1.165, 1.54) is 12.1 Å². The summed E-state index contributed by atoms with van der Waals surface area (Å²) in [7, 11) is 0. The fraction of sp³-hybridized carbons (Fsp3) is 0.273. The van der Waals surface area contributed by atoms with E-state index in [2.05, 4.69) is 0 Å². The van der Waals surface area contributed by atoms with Crippen molar-refractivity contribution in [3.8, 4) is 0 Å². The van der Waals surface area contributed by atoms with E-state index in [0.29, 0.717) is 11.1 Å². The number of rotatable bonds is 4. The summed E-state index contributed by atoms with van der Waals surface area (Å²) in [6.07, 6.45) is 0.204. The van der Waals surface area contributed by atoms with Gasteiger partial charge in [-0.3, -0.25) is 4.79 Å². The van der Waals surface area contributed by atoms with Crippen LogP contribution in [0.2, 0.25) is 0 Å². The maximum Gasteiger partial charge on any atom is 0.336 e. The SMILES string of the molecule is Cc1c(C(=O)O)ccc(C(=O)CCN)c1N.[Re]. The summed E-state index contributed by atoms with van der Waals surface area (Å²) in [5.74, 6) is -1.22. The Bertz CT molecular complexity index is 447. The van der Waals surface area contributed by atoms with Crippen molar-refractivity contribution in [2.24, 2.45) is 5.73 Å². The van der Waals surface area contributed by atoms with Crippen LogP contribution in [0.15, 0.2) is 12.1 Å². The van der Waals surface area contributed by atoms with Gasteiger partial charge in [-0.2, -0.15) is 0 Å². The van der Waals surface area contributed by atoms with Gasteiger partial charge in [0.2, 0.25) is 0 Å². The minimum atomic E-state index is -1.05. The first-order valence-electron chi connectivity index (χ1n) is 4.84. The second kappa shape index (κ2) is 6.50. The van der Waals surface area contributed by atoms with Gasteiger partial charge in [0.05, 0.1) is 5.56 Å². The number of nitrogen functional groups attached to an aromatic ring is 1. The van der Waals surface area contributed by atoms with E-state index < -0.39 is 5.97 Å². The molecule has 0 unspecified atom stereocenters. The molecule has 0 amide bonds. The van der Waals surface area contributed by atoms with Crippen molar-refractivity contribution in [1.29, 1.82) is 0 Å². The monoisotopic (exact) mass is 409 g/mol. The summed E-state index contributed by atoms with van der Waals surface area (Å²) < 4.78 is 0. The van der Waals surface area contributed by atoms with Crippen molar-refractivity contribution in [2.75, 3.05) is 12.3 Å². The zero-order valence-corrected chi connectivity index (χ0v) is 12.1. The van der Waals surface area contributed by atoms with Crippen LogP contribution in [0.5, 0.6) is 0 Å². The molecule has 0 saturated carbocycles. The Morgan fingerprint density at radius 1 is 1.29 bits per heavy atom. The Balaban J connectivity index is 0.00000256. The van der Waals surface area contributed by atoms with E-state index >= 15 is 0 Å². The van der Waals surface area contributed by atoms with Gasteiger partial charge in [-0.25, -0.2) is 4.79 Å². The summed E-state index contributed by atoms with van der Waals surface area (Å²) in [6, 6.07) is 2.82. The molecule has 1 rings (SSSR count). The van der Waals surface area contributed by atoms with E-state index in [1.54, 1.807) is 6.92 Å². The minimum absolute atomic E-state index is 0. The van der Waals surface area contributed by atoms with Crippen molar-refractivity contribution in [3.63, 3.8) is 0 Å². The number of anilines is 1. The van der Waals surface area contributed by atoms with Gasteiger partial charge in [0.25, 0.3) is 0 Å². The van der Waals surface area contributed by atoms with Crippen LogP contribution in [0.1, 0.15) is 32.7 Å². The van der Waals surface area contributed by atoms with Crippen LogP contribution in [-0.2, 0) is 20.4 Å². The number of ketones is 1. The largest absolute Gasteiger partial charge is 0.478 e. The van der Waals surface area contributed by atoms with Crippen molar-refractivity contribution in [3.05, 3.63) is 28.8 Å². The van der Waals surface area contributed by atoms with Crippen LogP contribution in [0.25, 0.3) is 0 Å². The molecule has 0 atom stereocenters. The fourth-order valence-electron chi connectivity index (χ4n) is 1.47. The molecule has 0 aromatic heterocycles. The van der Waals surface area contributed by atoms with Crippen LogP contribution in [0.4, 0.5) is 5.69 Å². The van der Waals surface area contributed by atoms with Gasteiger partial charge in [-0.1, -0.05) is 0 Å². The zero-order valence-electron chi connectivity index (χ0n) is 9.37. The molecule has 0 bridgehead atoms. The number of aromatic carboxylic acids is 1. The first kappa shape index (κ1) is 15.8. The van der Waals surface area contributed by atoms with Crippen LogP contribution in [0, 0.1) is 6.92 Å². The predicted molar refractivity (Wildman–Crippen MR) is 60.6 cm³/mol. The second-order valence-electron chi connectivity index (χ2n) is 3.47. The zero-order chi connectivity index (χ0) is 12.3. The fourth-order valence-corrected chi connectivity index (χ4v) is 1.47. The number of benzene rings is 1. The van der Waals surface area contributed by atoms with E-state index in [9.17, 15) is 9.59 Å². The van der Waals surface area contributed by atoms with Gasteiger partial charge in [-0.15, -0.1) is 0 Å². The smallest absolute Gasteiger partial charge is 0.336 e. The van der Waals surface area contributed by atoms with Crippen LogP contribution < -0.4 is 11.5 Å². The molecule has 1 aromatic carbocycles. The number of hydrogen-bond acceptors (Lipinski definition) is 4. The van der Waals surface area contributed by atoms with Gasteiger partial charge in [0, 0.05) is 38.1 Å². The van der Waals surface area contributed by atoms with Gasteiger partial charge >= 0.3 is 5.97 Å². The van der Waals surface area contributed by atoms with Crippen molar-refractivity contribution in [2.45, 2.75) is 13.3 Å². The number of Topliss-reactive ketones (excluding diaryl/α,β-unsaturated/α-hetero) is 1. The third-order valence-corrected chi connectivity index (χ3v) is 2.42. The molecule has 93 valence electrons. The molecule has 0 aliphatic carbocycles. The van der Waals surface area contributed by atoms with Crippen molar-refractivity contribution < 1.29 is 35.1 Å². The Kier molecular flexibility index (Phi) is 6.04. The first-order valence-corrected chi connectivity index (χ1v) is 4.84. The molecule has 0 aliphatic rings. The third kappa shape index (κ3) is 3.37. The Hall–Kier alpha value is -1.22. The minimum Gasteiger partial charge on any atom is -0.478 e. The summed E-state index contributed by atoms with van der Waals surface area (Å²) in [5.41, 5.74) is 12.1. The van der Waals surface area contributed by atoms with E-state index in [4.69, 9.17) is 16.6 Å². The molecule has 0 fully saturated rings. The number of carboxylic acids is 1. The van der Waals surface area contributed by atoms with Gasteiger partial charge in [0.15, 0.2) is 5.78 Å². The summed E-state index contributed by atoms with van der Waals surface area (Å²) in [5, 5.41) is 8.86. The molecule has 0 aliphatic heterocycles. The third-order valence-electron chi connectivity index (χ3n) is 2.42. The summed E-state index contributed by atoms with van der Waals surface area (Å²) in [6.45, 7) is 1.83. The number of carbonyl (C=O) groups is 2. The molecule has 5 N–H and O–H groups in total. The van der Waals surface area contributed by atoms with Crippen LogP contribution in [-0.4, -0.2) is 23.4 Å². The summed E-state index contributed by atoms with van der Waals surface area (Å²) >= 11 is 0. The van der Waals surface area contributed by atoms with Gasteiger partial charge < -0.3 is 16.6 Å². The van der Waals surface area contributed by atoms with E-state index in [0.717, 1.165) is 0 Å². The molecule has 1 aromatic rings. The first-order chi connectivity index (χ1) is 7.49. The molecular weight excluding hydrogens is 394 g/mol. The number of carbonyl (C=O) groups excluding carboxylic acids is 1. The van der Waals surface area contributed by atoms with Gasteiger partial charge in [0.1, 0.15) is 0 Å². The average molecular weight is 408 g/mol. The normalized spacial score (nSPS) is 9.53.